The van der Waals surface area contributed by atoms with E-state index < -0.39 is 5.69 Å². The molecule has 1 rings (SSSR count). The lowest BCUT2D eigenvalue weighted by Crippen LogP contribution is -2.27. The van der Waals surface area contributed by atoms with E-state index in [0.717, 1.165) is 4.68 Å². The Labute approximate surface area is 49.6 Å². The van der Waals surface area contributed by atoms with Crippen molar-refractivity contribution < 1.29 is 0 Å². The second kappa shape index (κ2) is 1.78. The molecular formula is C2H6N6O. The van der Waals surface area contributed by atoms with Gasteiger partial charge in [-0.2, -0.15) is 4.68 Å². The van der Waals surface area contributed by atoms with Gasteiger partial charge in [0.25, 0.3) is 5.95 Å². The Morgan fingerprint density at radius 2 is 2.44 bits per heavy atom. The highest BCUT2D eigenvalue weighted by Crippen LogP contribution is 1.84. The molecule has 0 unspecified atom stereocenters. The number of H-pyrrole nitrogens is 1. The molecule has 0 bridgehead atoms. The van der Waals surface area contributed by atoms with Crippen LogP contribution in [-0.4, -0.2) is 14.9 Å². The smallest absolute Gasteiger partial charge is 0.332 e. The fourth-order valence-corrected chi connectivity index (χ4v) is 0.407. The first-order chi connectivity index (χ1) is 4.25. The molecule has 1 heterocycles. The Morgan fingerprint density at radius 3 is 2.67 bits per heavy atom. The van der Waals surface area contributed by atoms with Crippen LogP contribution in [0.15, 0.2) is 4.79 Å². The molecule has 0 spiro atoms. The first kappa shape index (κ1) is 5.63. The maximum absolute atomic E-state index is 10.4. The minimum absolute atomic E-state index is 0.0972. The molecule has 7 nitrogen and oxygen atoms in total. The summed E-state index contributed by atoms with van der Waals surface area (Å²) in [5, 5.41) is 5.48. The molecule has 0 saturated heterocycles. The van der Waals surface area contributed by atoms with E-state index >= 15 is 0 Å². The van der Waals surface area contributed by atoms with E-state index in [9.17, 15) is 4.79 Å². The van der Waals surface area contributed by atoms with Crippen LogP contribution in [0.3, 0.4) is 0 Å². The van der Waals surface area contributed by atoms with Crippen molar-refractivity contribution in [2.75, 3.05) is 11.3 Å². The average molecular weight is 130 g/mol. The SMILES string of the molecule is NNc1n[nH]c(=O)n1N. The van der Waals surface area contributed by atoms with Crippen molar-refractivity contribution >= 4 is 5.95 Å². The molecular weight excluding hydrogens is 124 g/mol. The van der Waals surface area contributed by atoms with E-state index in [1.165, 1.54) is 0 Å². The predicted molar refractivity (Wildman–Crippen MR) is 30.8 cm³/mol. The van der Waals surface area contributed by atoms with Gasteiger partial charge in [0.1, 0.15) is 0 Å². The van der Waals surface area contributed by atoms with Gasteiger partial charge in [-0.15, -0.1) is 5.10 Å². The summed E-state index contributed by atoms with van der Waals surface area (Å²) in [4.78, 5) is 10.4. The average Bonchev–Trinajstić information content (AvgIpc) is 2.15. The molecule has 0 aliphatic heterocycles. The number of hydrogen-bond donors (Lipinski definition) is 4. The number of rotatable bonds is 1. The first-order valence-electron chi connectivity index (χ1n) is 2.15. The van der Waals surface area contributed by atoms with Gasteiger partial charge in [-0.05, 0) is 0 Å². The van der Waals surface area contributed by atoms with Crippen LogP contribution in [0.4, 0.5) is 5.95 Å². The largest absolute Gasteiger partial charge is 0.363 e. The third-order valence-electron chi connectivity index (χ3n) is 0.834. The van der Waals surface area contributed by atoms with Gasteiger partial charge in [-0.3, -0.25) is 5.43 Å². The van der Waals surface area contributed by atoms with E-state index in [4.69, 9.17) is 11.7 Å². The van der Waals surface area contributed by atoms with Crippen LogP contribution in [0, 0.1) is 0 Å². The number of nitrogens with one attached hydrogen (secondary N) is 2. The molecule has 0 amide bonds. The Kier molecular flexibility index (Phi) is 1.12. The number of hydrazine groups is 1. The number of nitrogen functional groups attached to an aromatic ring is 2. The third-order valence-corrected chi connectivity index (χ3v) is 0.834. The summed E-state index contributed by atoms with van der Waals surface area (Å²) in [6.45, 7) is 0. The van der Waals surface area contributed by atoms with Crippen LogP contribution in [0.25, 0.3) is 0 Å². The highest BCUT2D eigenvalue weighted by atomic mass is 16.2. The number of aromatic amines is 1. The van der Waals surface area contributed by atoms with E-state index in [-0.39, 0.29) is 5.95 Å². The van der Waals surface area contributed by atoms with Gasteiger partial charge in [-0.1, -0.05) is 0 Å². The maximum Gasteiger partial charge on any atom is 0.363 e. The van der Waals surface area contributed by atoms with Crippen LogP contribution in [0.5, 0.6) is 0 Å². The Hall–Kier alpha value is -1.50. The van der Waals surface area contributed by atoms with Gasteiger partial charge in [0.2, 0.25) is 0 Å². The summed E-state index contributed by atoms with van der Waals surface area (Å²) >= 11 is 0. The normalized spacial score (nSPS) is 9.44. The second-order valence-corrected chi connectivity index (χ2v) is 1.37. The number of hydrogen-bond acceptors (Lipinski definition) is 5. The molecule has 0 fully saturated rings. The molecule has 50 valence electrons. The molecule has 0 atom stereocenters. The summed E-state index contributed by atoms with van der Waals surface area (Å²) in [6, 6.07) is 0. The van der Waals surface area contributed by atoms with Crippen LogP contribution in [-0.2, 0) is 0 Å². The highest BCUT2D eigenvalue weighted by Gasteiger charge is 1.99. The van der Waals surface area contributed by atoms with Crippen molar-refractivity contribution in [3.05, 3.63) is 10.5 Å². The summed E-state index contributed by atoms with van der Waals surface area (Å²) in [6.07, 6.45) is 0. The Morgan fingerprint density at radius 1 is 1.78 bits per heavy atom. The van der Waals surface area contributed by atoms with Crippen LogP contribution < -0.4 is 22.8 Å². The van der Waals surface area contributed by atoms with Crippen molar-refractivity contribution in [1.29, 1.82) is 0 Å². The second-order valence-electron chi connectivity index (χ2n) is 1.37. The summed E-state index contributed by atoms with van der Waals surface area (Å²) < 4.78 is 0.764. The van der Waals surface area contributed by atoms with Crippen molar-refractivity contribution in [2.24, 2.45) is 5.84 Å². The van der Waals surface area contributed by atoms with E-state index in [1.807, 2.05) is 0 Å². The standard InChI is InChI=1S/C2H6N6O/c3-5-1-6-7-2(9)8(1)4/h3-4H2,(H,5,6)(H,7,9). The van der Waals surface area contributed by atoms with E-state index in [2.05, 4.69) is 15.6 Å². The molecule has 6 N–H and O–H groups in total. The molecule has 9 heavy (non-hydrogen) atoms. The number of nitrogens with zero attached hydrogens (tertiary/aromatic N) is 2. The van der Waals surface area contributed by atoms with Crippen LogP contribution in [0.1, 0.15) is 0 Å². The Balaban J connectivity index is 3.20. The summed E-state index contributed by atoms with van der Waals surface area (Å²) in [7, 11) is 0. The lowest BCUT2D eigenvalue weighted by molar-refractivity contribution is 0.934. The van der Waals surface area contributed by atoms with Crippen molar-refractivity contribution in [1.82, 2.24) is 14.9 Å². The maximum atomic E-state index is 10.4. The number of nitrogens with two attached hydrogens (primary N) is 2. The zero-order valence-corrected chi connectivity index (χ0v) is 4.46. The van der Waals surface area contributed by atoms with Crippen molar-refractivity contribution in [3.63, 3.8) is 0 Å². The van der Waals surface area contributed by atoms with Gasteiger partial charge < -0.3 is 5.84 Å². The molecule has 7 heteroatoms. The number of anilines is 1. The van der Waals surface area contributed by atoms with Gasteiger partial charge in [0.05, 0.1) is 0 Å². The van der Waals surface area contributed by atoms with E-state index in [1.54, 1.807) is 0 Å². The lowest BCUT2D eigenvalue weighted by atomic mass is 11.0. The number of aromatic nitrogens is 3. The van der Waals surface area contributed by atoms with Crippen molar-refractivity contribution in [3.8, 4) is 0 Å². The lowest BCUT2D eigenvalue weighted by Gasteiger charge is -1.92. The molecule has 0 radical (unpaired) electrons. The molecule has 0 aliphatic carbocycles. The molecule has 0 aliphatic rings. The fraction of sp³-hybridized carbons (Fsp3) is 0. The predicted octanol–water partition coefficient (Wildman–Crippen LogP) is -2.43. The Bertz CT molecular complexity index is 246. The van der Waals surface area contributed by atoms with E-state index in [0.29, 0.717) is 0 Å². The minimum Gasteiger partial charge on any atom is -0.332 e. The topological polar surface area (TPSA) is 115 Å². The molecule has 0 saturated carbocycles. The minimum atomic E-state index is -0.511. The van der Waals surface area contributed by atoms with Gasteiger partial charge in [-0.25, -0.2) is 15.7 Å². The van der Waals surface area contributed by atoms with Gasteiger partial charge in [0.15, 0.2) is 0 Å². The summed E-state index contributed by atoms with van der Waals surface area (Å²) in [5.74, 6) is 10.1. The van der Waals surface area contributed by atoms with Gasteiger partial charge >= 0.3 is 5.69 Å². The quantitative estimate of drug-likeness (QED) is 0.249. The van der Waals surface area contributed by atoms with Crippen molar-refractivity contribution in [2.45, 2.75) is 0 Å². The van der Waals surface area contributed by atoms with Crippen LogP contribution >= 0.6 is 0 Å². The van der Waals surface area contributed by atoms with Gasteiger partial charge in [0, 0.05) is 0 Å². The molecule has 0 aromatic carbocycles. The highest BCUT2D eigenvalue weighted by molar-refractivity contribution is 5.19. The monoisotopic (exact) mass is 130 g/mol. The first-order valence-corrected chi connectivity index (χ1v) is 2.15. The fourth-order valence-electron chi connectivity index (χ4n) is 0.407. The zero-order valence-electron chi connectivity index (χ0n) is 4.46. The molecule has 1 aromatic heterocycles. The summed E-state index contributed by atoms with van der Waals surface area (Å²) in [5.41, 5.74) is 1.60. The molecule has 1 aromatic rings. The zero-order chi connectivity index (χ0) is 6.85. The third kappa shape index (κ3) is 0.722. The van der Waals surface area contributed by atoms with Crippen LogP contribution in [0.2, 0.25) is 0 Å².